The molecule has 0 aliphatic carbocycles. The number of carbonyl (C=O) groups excluding carboxylic acids is 1. The van der Waals surface area contributed by atoms with Crippen LogP contribution in [-0.2, 0) is 0 Å². The van der Waals surface area contributed by atoms with E-state index >= 15 is 0 Å². The Hall–Kier alpha value is -0.300. The minimum absolute atomic E-state index is 0.0115. The highest BCUT2D eigenvalue weighted by Gasteiger charge is 1.98. The molecule has 0 rings (SSSR count). The van der Waals surface area contributed by atoms with Gasteiger partial charge in [-0.1, -0.05) is 14.8 Å². The molecule has 0 heterocycles. The van der Waals surface area contributed by atoms with Crippen LogP contribution in [0.2, 0.25) is 0 Å². The first-order valence-electron chi connectivity index (χ1n) is 3.34. The van der Waals surface area contributed by atoms with Gasteiger partial charge in [-0.2, -0.15) is 0 Å². The normalized spacial score (nSPS) is 12.3. The SMILES string of the molecule is CCP(C)CNC(=O)NC. The molecule has 10 heavy (non-hydrogen) atoms. The molecule has 2 amide bonds. The van der Waals surface area contributed by atoms with E-state index in [9.17, 15) is 4.79 Å². The predicted molar refractivity (Wildman–Crippen MR) is 45.8 cm³/mol. The van der Waals surface area contributed by atoms with Crippen LogP contribution in [0.3, 0.4) is 0 Å². The fraction of sp³-hybridized carbons (Fsp3) is 0.833. The average molecular weight is 162 g/mol. The lowest BCUT2D eigenvalue weighted by atomic mass is 10.9. The molecule has 0 saturated heterocycles. The second kappa shape index (κ2) is 5.48. The smallest absolute Gasteiger partial charge is 0.314 e. The molecule has 0 aliphatic rings. The van der Waals surface area contributed by atoms with E-state index in [4.69, 9.17) is 0 Å². The van der Waals surface area contributed by atoms with Crippen LogP contribution in [0.4, 0.5) is 4.79 Å². The van der Waals surface area contributed by atoms with Crippen molar-refractivity contribution >= 4 is 14.0 Å². The molecule has 1 atom stereocenters. The van der Waals surface area contributed by atoms with Gasteiger partial charge >= 0.3 is 6.03 Å². The summed E-state index contributed by atoms with van der Waals surface area (Å²) in [5.74, 6) is 0. The summed E-state index contributed by atoms with van der Waals surface area (Å²) in [6.45, 7) is 4.31. The van der Waals surface area contributed by atoms with Gasteiger partial charge in [0.25, 0.3) is 0 Å². The average Bonchev–Trinajstić information content (AvgIpc) is 1.99. The molecule has 1 unspecified atom stereocenters. The van der Waals surface area contributed by atoms with Crippen LogP contribution in [0.1, 0.15) is 6.92 Å². The number of amides is 2. The lowest BCUT2D eigenvalue weighted by molar-refractivity contribution is 0.244. The van der Waals surface area contributed by atoms with Crippen LogP contribution in [0.15, 0.2) is 0 Å². The third kappa shape index (κ3) is 4.57. The van der Waals surface area contributed by atoms with Gasteiger partial charge in [0.15, 0.2) is 0 Å². The number of nitrogens with one attached hydrogen (secondary N) is 2. The second-order valence-electron chi connectivity index (χ2n) is 2.09. The molecular weight excluding hydrogens is 147 g/mol. The maximum Gasteiger partial charge on any atom is 0.314 e. The van der Waals surface area contributed by atoms with Gasteiger partial charge in [-0.05, 0) is 12.8 Å². The Kier molecular flexibility index (Phi) is 5.32. The quantitative estimate of drug-likeness (QED) is 0.597. The van der Waals surface area contributed by atoms with E-state index in [2.05, 4.69) is 24.2 Å². The molecule has 0 fully saturated rings. The Morgan fingerprint density at radius 1 is 1.60 bits per heavy atom. The van der Waals surface area contributed by atoms with Gasteiger partial charge in [-0.25, -0.2) is 4.79 Å². The maximum absolute atomic E-state index is 10.6. The highest BCUT2D eigenvalue weighted by atomic mass is 31.1. The van der Waals surface area contributed by atoms with E-state index in [1.807, 2.05) is 0 Å². The van der Waals surface area contributed by atoms with Gasteiger partial charge in [0.05, 0.1) is 0 Å². The van der Waals surface area contributed by atoms with E-state index < -0.39 is 0 Å². The Morgan fingerprint density at radius 3 is 2.60 bits per heavy atom. The predicted octanol–water partition coefficient (Wildman–Crippen LogP) is 1.00. The zero-order valence-electron chi connectivity index (χ0n) is 6.77. The van der Waals surface area contributed by atoms with Gasteiger partial charge < -0.3 is 10.6 Å². The first-order chi connectivity index (χ1) is 4.70. The standard InChI is InChI=1S/C6H15N2OP/c1-4-10(3)5-8-6(9)7-2/h4-5H2,1-3H3,(H2,7,8,9). The fourth-order valence-corrected chi connectivity index (χ4v) is 1.04. The monoisotopic (exact) mass is 162 g/mol. The van der Waals surface area contributed by atoms with Crippen molar-refractivity contribution in [1.29, 1.82) is 0 Å². The largest absolute Gasteiger partial charge is 0.341 e. The second-order valence-corrected chi connectivity index (χ2v) is 4.75. The van der Waals surface area contributed by atoms with Crippen molar-refractivity contribution in [3.05, 3.63) is 0 Å². The summed E-state index contributed by atoms with van der Waals surface area (Å²) < 4.78 is 0. The Morgan fingerprint density at radius 2 is 2.20 bits per heavy atom. The summed E-state index contributed by atoms with van der Waals surface area (Å²) in [6, 6.07) is -0.0807. The Bertz CT molecular complexity index is 108. The zero-order chi connectivity index (χ0) is 7.98. The first kappa shape index (κ1) is 9.70. The topological polar surface area (TPSA) is 41.1 Å². The van der Waals surface area contributed by atoms with E-state index in [0.717, 1.165) is 6.29 Å². The minimum atomic E-state index is -0.0807. The van der Waals surface area contributed by atoms with Gasteiger partial charge in [0.2, 0.25) is 0 Å². The van der Waals surface area contributed by atoms with E-state index in [1.165, 1.54) is 6.16 Å². The highest BCUT2D eigenvalue weighted by Crippen LogP contribution is 2.26. The van der Waals surface area contributed by atoms with Crippen LogP contribution in [0.5, 0.6) is 0 Å². The lowest BCUT2D eigenvalue weighted by Gasteiger charge is -2.09. The van der Waals surface area contributed by atoms with Crippen molar-refractivity contribution in [3.63, 3.8) is 0 Å². The van der Waals surface area contributed by atoms with Gasteiger partial charge in [0.1, 0.15) is 0 Å². The van der Waals surface area contributed by atoms with Crippen molar-refractivity contribution < 1.29 is 4.79 Å². The van der Waals surface area contributed by atoms with Crippen molar-refractivity contribution in [3.8, 4) is 0 Å². The summed E-state index contributed by atoms with van der Waals surface area (Å²) in [5.41, 5.74) is 0. The molecule has 0 radical (unpaired) electrons. The number of hydrogen-bond acceptors (Lipinski definition) is 1. The molecule has 0 aromatic carbocycles. The number of carbonyl (C=O) groups is 1. The molecule has 2 N–H and O–H groups in total. The number of hydrogen-bond donors (Lipinski definition) is 2. The third-order valence-corrected chi connectivity index (χ3v) is 3.05. The molecule has 0 spiro atoms. The van der Waals surface area contributed by atoms with Crippen LogP contribution in [-0.4, -0.2) is 32.2 Å². The summed E-state index contributed by atoms with van der Waals surface area (Å²) in [5, 5.41) is 5.27. The summed E-state index contributed by atoms with van der Waals surface area (Å²) in [6.07, 6.45) is 1.99. The highest BCUT2D eigenvalue weighted by molar-refractivity contribution is 7.56. The Labute approximate surface area is 63.3 Å². The van der Waals surface area contributed by atoms with Crippen LogP contribution in [0, 0.1) is 0 Å². The molecule has 0 bridgehead atoms. The zero-order valence-corrected chi connectivity index (χ0v) is 7.66. The maximum atomic E-state index is 10.6. The molecule has 0 aliphatic heterocycles. The lowest BCUT2D eigenvalue weighted by Crippen LogP contribution is -2.32. The van der Waals surface area contributed by atoms with Gasteiger partial charge in [-0.15, -0.1) is 0 Å². The molecule has 60 valence electrons. The van der Waals surface area contributed by atoms with Crippen molar-refractivity contribution in [2.45, 2.75) is 6.92 Å². The molecular formula is C6H15N2OP. The molecule has 4 heteroatoms. The van der Waals surface area contributed by atoms with E-state index in [1.54, 1.807) is 7.05 Å². The fourth-order valence-electron chi connectivity index (χ4n) is 0.407. The van der Waals surface area contributed by atoms with Crippen molar-refractivity contribution in [1.82, 2.24) is 10.6 Å². The third-order valence-electron chi connectivity index (χ3n) is 1.28. The van der Waals surface area contributed by atoms with Crippen LogP contribution in [0.25, 0.3) is 0 Å². The summed E-state index contributed by atoms with van der Waals surface area (Å²) >= 11 is 0. The first-order valence-corrected chi connectivity index (χ1v) is 5.50. The van der Waals surface area contributed by atoms with Gasteiger partial charge in [-0.3, -0.25) is 0 Å². The van der Waals surface area contributed by atoms with E-state index in [0.29, 0.717) is 0 Å². The van der Waals surface area contributed by atoms with Crippen molar-refractivity contribution in [2.24, 2.45) is 0 Å². The molecule has 0 saturated carbocycles. The van der Waals surface area contributed by atoms with E-state index in [-0.39, 0.29) is 14.0 Å². The van der Waals surface area contributed by atoms with Gasteiger partial charge in [0, 0.05) is 13.3 Å². The minimum Gasteiger partial charge on any atom is -0.341 e. The van der Waals surface area contributed by atoms with Crippen LogP contribution >= 0.6 is 7.92 Å². The molecule has 0 aromatic heterocycles. The summed E-state index contributed by atoms with van der Waals surface area (Å²) in [7, 11) is 1.64. The van der Waals surface area contributed by atoms with Crippen LogP contribution < -0.4 is 10.6 Å². The number of rotatable bonds is 3. The molecule has 0 aromatic rings. The summed E-state index contributed by atoms with van der Waals surface area (Å²) in [4.78, 5) is 10.6. The molecule has 3 nitrogen and oxygen atoms in total. The van der Waals surface area contributed by atoms with Crippen molar-refractivity contribution in [2.75, 3.05) is 26.2 Å². The number of urea groups is 1. The Balaban J connectivity index is 3.26.